The first-order valence-corrected chi connectivity index (χ1v) is 7.49. The van der Waals surface area contributed by atoms with Crippen molar-refractivity contribution in [3.63, 3.8) is 0 Å². The molecule has 0 spiro atoms. The minimum Gasteiger partial charge on any atom is -0.360 e. The van der Waals surface area contributed by atoms with Gasteiger partial charge in [0.15, 0.2) is 0 Å². The molecule has 2 aromatic rings. The van der Waals surface area contributed by atoms with E-state index in [1.165, 1.54) is 24.3 Å². The minimum absolute atomic E-state index is 0.00357. The Hall–Kier alpha value is -3.99. The number of nitro groups is 1. The van der Waals surface area contributed by atoms with E-state index < -0.39 is 16.7 Å². The van der Waals surface area contributed by atoms with Crippen LogP contribution in [0.3, 0.4) is 0 Å². The molecule has 0 aromatic heterocycles. The zero-order valence-electron chi connectivity index (χ0n) is 13.5. The zero-order valence-corrected chi connectivity index (χ0v) is 13.5. The summed E-state index contributed by atoms with van der Waals surface area (Å²) in [6, 6.07) is 16.1. The van der Waals surface area contributed by atoms with Crippen LogP contribution in [-0.2, 0) is 16.0 Å². The molecule has 8 nitrogen and oxygen atoms in total. The molecule has 0 bridgehead atoms. The number of amides is 2. The molecule has 130 valence electrons. The van der Waals surface area contributed by atoms with E-state index >= 15 is 0 Å². The average molecular weight is 350 g/mol. The van der Waals surface area contributed by atoms with Gasteiger partial charge in [-0.2, -0.15) is 5.26 Å². The highest BCUT2D eigenvalue weighted by atomic mass is 16.6. The first kappa shape index (κ1) is 18.4. The standard InChI is InChI=1S/C18H14N4O4/c19-11-14(12-20-15-7-4-8-16(10-15)22(25)26)18(24)21-17(23)9-13-5-2-1-3-6-13/h1-8,10,12,20H,9H2,(H,21,23,24). The molecule has 2 N–H and O–H groups in total. The van der Waals surface area contributed by atoms with Crippen LogP contribution >= 0.6 is 0 Å². The number of non-ortho nitro benzene ring substituents is 1. The van der Waals surface area contributed by atoms with E-state index in [0.717, 1.165) is 11.8 Å². The molecule has 2 rings (SSSR count). The van der Waals surface area contributed by atoms with Gasteiger partial charge in [-0.25, -0.2) is 0 Å². The van der Waals surface area contributed by atoms with Crippen LogP contribution in [0.2, 0.25) is 0 Å². The Bertz CT molecular complexity index is 901. The van der Waals surface area contributed by atoms with Crippen molar-refractivity contribution in [3.05, 3.63) is 82.0 Å². The lowest BCUT2D eigenvalue weighted by Crippen LogP contribution is -2.32. The van der Waals surface area contributed by atoms with Gasteiger partial charge in [0, 0.05) is 24.0 Å². The van der Waals surface area contributed by atoms with Crippen molar-refractivity contribution in [2.45, 2.75) is 6.42 Å². The molecule has 0 aliphatic carbocycles. The summed E-state index contributed by atoms with van der Waals surface area (Å²) in [5.74, 6) is -1.40. The summed E-state index contributed by atoms with van der Waals surface area (Å²) in [7, 11) is 0. The fourth-order valence-corrected chi connectivity index (χ4v) is 2.03. The maximum atomic E-state index is 12.0. The summed E-state index contributed by atoms with van der Waals surface area (Å²) in [5, 5.41) is 24.6. The van der Waals surface area contributed by atoms with E-state index in [4.69, 9.17) is 5.26 Å². The fourth-order valence-electron chi connectivity index (χ4n) is 2.03. The predicted octanol–water partition coefficient (Wildman–Crippen LogP) is 2.30. The number of hydrogen-bond acceptors (Lipinski definition) is 6. The maximum absolute atomic E-state index is 12.0. The SMILES string of the molecule is N#CC(=CNc1cccc([N+](=O)[O-])c1)C(=O)NC(=O)Cc1ccccc1. The molecular weight excluding hydrogens is 336 g/mol. The van der Waals surface area contributed by atoms with Crippen LogP contribution in [0.1, 0.15) is 5.56 Å². The van der Waals surface area contributed by atoms with Crippen molar-refractivity contribution in [3.8, 4) is 6.07 Å². The van der Waals surface area contributed by atoms with Crippen LogP contribution in [0.15, 0.2) is 66.4 Å². The molecule has 0 fully saturated rings. The highest BCUT2D eigenvalue weighted by Crippen LogP contribution is 2.17. The topological polar surface area (TPSA) is 125 Å². The summed E-state index contributed by atoms with van der Waals surface area (Å²) in [6.07, 6.45) is 1.09. The molecular formula is C18H14N4O4. The van der Waals surface area contributed by atoms with Crippen molar-refractivity contribution < 1.29 is 14.5 Å². The van der Waals surface area contributed by atoms with Gasteiger partial charge in [-0.05, 0) is 11.6 Å². The van der Waals surface area contributed by atoms with Crippen LogP contribution < -0.4 is 10.6 Å². The number of carbonyl (C=O) groups excluding carboxylic acids is 2. The van der Waals surface area contributed by atoms with E-state index in [2.05, 4.69) is 10.6 Å². The molecule has 26 heavy (non-hydrogen) atoms. The van der Waals surface area contributed by atoms with E-state index in [-0.39, 0.29) is 17.7 Å². The number of imide groups is 1. The zero-order chi connectivity index (χ0) is 18.9. The van der Waals surface area contributed by atoms with Gasteiger partial charge in [0.05, 0.1) is 11.3 Å². The Balaban J connectivity index is 2.00. The lowest BCUT2D eigenvalue weighted by Gasteiger charge is -2.05. The summed E-state index contributed by atoms with van der Waals surface area (Å²) in [5.41, 5.74) is 0.590. The van der Waals surface area contributed by atoms with Crippen LogP contribution in [0.4, 0.5) is 11.4 Å². The van der Waals surface area contributed by atoms with Gasteiger partial charge in [0.2, 0.25) is 5.91 Å². The number of nitrogens with zero attached hydrogens (tertiary/aromatic N) is 2. The summed E-state index contributed by atoms with van der Waals surface area (Å²) in [4.78, 5) is 34.0. The molecule has 0 aliphatic rings. The third-order valence-corrected chi connectivity index (χ3v) is 3.27. The third kappa shape index (κ3) is 5.28. The number of rotatable bonds is 6. The maximum Gasteiger partial charge on any atom is 0.271 e. The van der Waals surface area contributed by atoms with Gasteiger partial charge in [0.25, 0.3) is 11.6 Å². The van der Waals surface area contributed by atoms with Gasteiger partial charge in [0.1, 0.15) is 11.6 Å². The van der Waals surface area contributed by atoms with E-state index in [1.807, 2.05) is 6.07 Å². The van der Waals surface area contributed by atoms with Gasteiger partial charge >= 0.3 is 0 Å². The van der Waals surface area contributed by atoms with Gasteiger partial charge in [-0.1, -0.05) is 36.4 Å². The highest BCUT2D eigenvalue weighted by Gasteiger charge is 2.13. The molecule has 8 heteroatoms. The van der Waals surface area contributed by atoms with Gasteiger partial charge in [-0.3, -0.25) is 25.0 Å². The normalized spacial score (nSPS) is 10.5. The molecule has 0 atom stereocenters. The van der Waals surface area contributed by atoms with Crippen LogP contribution in [-0.4, -0.2) is 16.7 Å². The fraction of sp³-hybridized carbons (Fsp3) is 0.0556. The van der Waals surface area contributed by atoms with Crippen LogP contribution in [0.5, 0.6) is 0 Å². The number of hydrogen-bond donors (Lipinski definition) is 2. The van der Waals surface area contributed by atoms with E-state index in [1.54, 1.807) is 30.3 Å². The van der Waals surface area contributed by atoms with E-state index in [9.17, 15) is 19.7 Å². The number of nitriles is 1. The second-order valence-corrected chi connectivity index (χ2v) is 5.16. The second kappa shape index (κ2) is 8.75. The molecule has 0 radical (unpaired) electrons. The number of carbonyl (C=O) groups is 2. The van der Waals surface area contributed by atoms with Crippen molar-refractivity contribution in [1.29, 1.82) is 5.26 Å². The van der Waals surface area contributed by atoms with Crippen molar-refractivity contribution in [1.82, 2.24) is 5.32 Å². The monoisotopic (exact) mass is 350 g/mol. The quantitative estimate of drug-likeness (QED) is 0.356. The van der Waals surface area contributed by atoms with Gasteiger partial charge in [-0.15, -0.1) is 0 Å². The Morgan fingerprint density at radius 2 is 1.88 bits per heavy atom. The number of nitro benzene ring substituents is 1. The number of anilines is 1. The summed E-state index contributed by atoms with van der Waals surface area (Å²) >= 11 is 0. The second-order valence-electron chi connectivity index (χ2n) is 5.16. The van der Waals surface area contributed by atoms with Crippen molar-refractivity contribution >= 4 is 23.2 Å². The Kier molecular flexibility index (Phi) is 6.17. The largest absolute Gasteiger partial charge is 0.360 e. The Labute approximate surface area is 148 Å². The van der Waals surface area contributed by atoms with Crippen molar-refractivity contribution in [2.75, 3.05) is 5.32 Å². The average Bonchev–Trinajstić information content (AvgIpc) is 2.63. The molecule has 2 amide bonds. The summed E-state index contributed by atoms with van der Waals surface area (Å²) in [6.45, 7) is 0. The molecule has 0 heterocycles. The van der Waals surface area contributed by atoms with Crippen LogP contribution in [0.25, 0.3) is 0 Å². The first-order chi connectivity index (χ1) is 12.5. The minimum atomic E-state index is -0.855. The Morgan fingerprint density at radius 3 is 2.54 bits per heavy atom. The predicted molar refractivity (Wildman–Crippen MR) is 93.7 cm³/mol. The van der Waals surface area contributed by atoms with E-state index in [0.29, 0.717) is 5.69 Å². The lowest BCUT2D eigenvalue weighted by molar-refractivity contribution is -0.384. The molecule has 2 aromatic carbocycles. The van der Waals surface area contributed by atoms with Crippen LogP contribution in [0, 0.1) is 21.4 Å². The Morgan fingerprint density at radius 1 is 1.15 bits per heavy atom. The highest BCUT2D eigenvalue weighted by molar-refractivity contribution is 6.07. The first-order valence-electron chi connectivity index (χ1n) is 7.49. The van der Waals surface area contributed by atoms with Gasteiger partial charge < -0.3 is 5.32 Å². The molecule has 0 unspecified atom stereocenters. The number of nitrogens with one attached hydrogen (secondary N) is 2. The third-order valence-electron chi connectivity index (χ3n) is 3.27. The molecule has 0 saturated heterocycles. The molecule has 0 aliphatic heterocycles. The molecule has 0 saturated carbocycles. The van der Waals surface area contributed by atoms with Crippen molar-refractivity contribution in [2.24, 2.45) is 0 Å². The number of benzene rings is 2. The smallest absolute Gasteiger partial charge is 0.271 e. The summed E-state index contributed by atoms with van der Waals surface area (Å²) < 4.78 is 0. The lowest BCUT2D eigenvalue weighted by atomic mass is 10.1.